The quantitative estimate of drug-likeness (QED) is 0.464. The summed E-state index contributed by atoms with van der Waals surface area (Å²) in [4.78, 5) is 17.0. The van der Waals surface area contributed by atoms with Crippen molar-refractivity contribution in [2.45, 2.75) is 49.6 Å². The Morgan fingerprint density at radius 2 is 1.88 bits per heavy atom. The molecule has 1 aliphatic carbocycles. The van der Waals surface area contributed by atoms with Gasteiger partial charge in [0.1, 0.15) is 5.82 Å². The van der Waals surface area contributed by atoms with Crippen LogP contribution in [0.2, 0.25) is 0 Å². The van der Waals surface area contributed by atoms with E-state index in [-0.39, 0.29) is 23.6 Å². The van der Waals surface area contributed by atoms with Crippen LogP contribution < -0.4 is 16.4 Å². The van der Waals surface area contributed by atoms with Gasteiger partial charge >= 0.3 is 0 Å². The zero-order valence-electron chi connectivity index (χ0n) is 19.2. The van der Waals surface area contributed by atoms with Crippen LogP contribution in [-0.4, -0.2) is 23.5 Å². The molecule has 6 heteroatoms. The van der Waals surface area contributed by atoms with E-state index in [9.17, 15) is 9.18 Å². The number of benzene rings is 2. The highest BCUT2D eigenvalue weighted by Gasteiger charge is 2.43. The van der Waals surface area contributed by atoms with E-state index in [2.05, 4.69) is 27.8 Å². The van der Waals surface area contributed by atoms with E-state index in [1.165, 1.54) is 11.6 Å². The zero-order chi connectivity index (χ0) is 23.5. The van der Waals surface area contributed by atoms with Crippen LogP contribution >= 0.6 is 0 Å². The number of pyridine rings is 1. The number of amides is 1. The Morgan fingerprint density at radius 3 is 2.62 bits per heavy atom. The van der Waals surface area contributed by atoms with Gasteiger partial charge in [-0.25, -0.2) is 4.39 Å². The largest absolute Gasteiger partial charge is 0.322 e. The normalized spacial score (nSPS) is 21.7. The van der Waals surface area contributed by atoms with Crippen LogP contribution in [0.25, 0.3) is 0 Å². The molecule has 1 aromatic heterocycles. The predicted octanol–water partition coefficient (Wildman–Crippen LogP) is 4.50. The average Bonchev–Trinajstić information content (AvgIpc) is 3.62. The van der Waals surface area contributed by atoms with Gasteiger partial charge in [0.15, 0.2) is 0 Å². The Balaban J connectivity index is 1.24. The van der Waals surface area contributed by atoms with Crippen LogP contribution in [-0.2, 0) is 16.8 Å². The number of carbonyl (C=O) groups is 1. The van der Waals surface area contributed by atoms with Crippen LogP contribution in [0.3, 0.4) is 0 Å². The first kappa shape index (κ1) is 22.7. The number of nitrogens with two attached hydrogens (primary N) is 1. The molecule has 5 rings (SSSR count). The van der Waals surface area contributed by atoms with Gasteiger partial charge in [-0.05, 0) is 84.9 Å². The highest BCUT2D eigenvalue weighted by atomic mass is 19.1. The SMILES string of the molecule is N[C@](CCc1ccc(F)c(NC(=O)[C@H]2C[C@H](c3ccccc3)CN2)c1)(c1ccncc1)C1CC1. The van der Waals surface area contributed by atoms with Crippen molar-refractivity contribution >= 4 is 11.6 Å². The number of hydrogen-bond acceptors (Lipinski definition) is 4. The van der Waals surface area contributed by atoms with Gasteiger partial charge in [0.2, 0.25) is 5.91 Å². The maximum Gasteiger partial charge on any atom is 0.241 e. The lowest BCUT2D eigenvalue weighted by molar-refractivity contribution is -0.117. The van der Waals surface area contributed by atoms with Gasteiger partial charge in [-0.2, -0.15) is 0 Å². The lowest BCUT2D eigenvalue weighted by Gasteiger charge is -2.30. The highest BCUT2D eigenvalue weighted by Crippen LogP contribution is 2.46. The second kappa shape index (κ2) is 9.65. The molecule has 2 aliphatic rings. The Labute approximate surface area is 200 Å². The smallest absolute Gasteiger partial charge is 0.241 e. The first-order valence-electron chi connectivity index (χ1n) is 12.1. The van der Waals surface area contributed by atoms with Crippen molar-refractivity contribution in [2.75, 3.05) is 11.9 Å². The first-order chi connectivity index (χ1) is 16.5. The number of nitrogens with one attached hydrogen (secondary N) is 2. The second-order valence-corrected chi connectivity index (χ2v) is 9.66. The summed E-state index contributed by atoms with van der Waals surface area (Å²) >= 11 is 0. The van der Waals surface area contributed by atoms with Gasteiger partial charge in [0.05, 0.1) is 11.7 Å². The monoisotopic (exact) mass is 458 g/mol. The average molecular weight is 459 g/mol. The number of hydrogen-bond donors (Lipinski definition) is 3. The lowest BCUT2D eigenvalue weighted by Crippen LogP contribution is -2.39. The van der Waals surface area contributed by atoms with Gasteiger partial charge in [-0.3, -0.25) is 9.78 Å². The number of aromatic nitrogens is 1. The fourth-order valence-electron chi connectivity index (χ4n) is 5.15. The van der Waals surface area contributed by atoms with Gasteiger partial charge in [0, 0.05) is 24.5 Å². The molecular weight excluding hydrogens is 427 g/mol. The highest BCUT2D eigenvalue weighted by molar-refractivity contribution is 5.95. The minimum absolute atomic E-state index is 0.197. The van der Waals surface area contributed by atoms with E-state index >= 15 is 0 Å². The fraction of sp³-hybridized carbons (Fsp3) is 0.357. The third kappa shape index (κ3) is 4.88. The van der Waals surface area contributed by atoms with E-state index < -0.39 is 11.4 Å². The van der Waals surface area contributed by atoms with Crippen molar-refractivity contribution in [1.29, 1.82) is 0 Å². The van der Waals surface area contributed by atoms with Crippen molar-refractivity contribution in [3.8, 4) is 0 Å². The predicted molar refractivity (Wildman–Crippen MR) is 132 cm³/mol. The molecule has 176 valence electrons. The summed E-state index contributed by atoms with van der Waals surface area (Å²) in [5.41, 5.74) is 9.97. The molecule has 0 spiro atoms. The Bertz CT molecular complexity index is 1140. The zero-order valence-corrected chi connectivity index (χ0v) is 19.2. The third-order valence-corrected chi connectivity index (χ3v) is 7.36. The molecule has 2 heterocycles. The number of anilines is 1. The molecule has 3 aromatic rings. The van der Waals surface area contributed by atoms with Gasteiger partial charge in [-0.1, -0.05) is 36.4 Å². The summed E-state index contributed by atoms with van der Waals surface area (Å²) in [5.74, 6) is 0.115. The summed E-state index contributed by atoms with van der Waals surface area (Å²) in [5, 5.41) is 6.10. The van der Waals surface area contributed by atoms with E-state index in [0.29, 0.717) is 18.8 Å². The third-order valence-electron chi connectivity index (χ3n) is 7.36. The molecule has 2 aromatic carbocycles. The molecule has 1 saturated carbocycles. The summed E-state index contributed by atoms with van der Waals surface area (Å²) in [6.07, 6.45) is 7.97. The van der Waals surface area contributed by atoms with Crippen molar-refractivity contribution in [3.05, 3.63) is 95.6 Å². The summed E-state index contributed by atoms with van der Waals surface area (Å²) < 4.78 is 14.6. The van der Waals surface area contributed by atoms with Crippen molar-refractivity contribution < 1.29 is 9.18 Å². The topological polar surface area (TPSA) is 80.0 Å². The number of rotatable bonds is 8. The van der Waals surface area contributed by atoms with Gasteiger partial charge in [0.25, 0.3) is 0 Å². The number of aryl methyl sites for hydroxylation is 1. The van der Waals surface area contributed by atoms with Crippen LogP contribution in [0.1, 0.15) is 48.3 Å². The number of carbonyl (C=O) groups excluding carboxylic acids is 1. The molecule has 5 nitrogen and oxygen atoms in total. The molecule has 1 amide bonds. The molecule has 4 N–H and O–H groups in total. The van der Waals surface area contributed by atoms with Crippen molar-refractivity contribution in [1.82, 2.24) is 10.3 Å². The molecule has 2 fully saturated rings. The Hall–Kier alpha value is -3.09. The van der Waals surface area contributed by atoms with Crippen molar-refractivity contribution in [3.63, 3.8) is 0 Å². The van der Waals surface area contributed by atoms with Crippen molar-refractivity contribution in [2.24, 2.45) is 11.7 Å². The number of nitrogens with zero attached hydrogens (tertiary/aromatic N) is 1. The standard InChI is InChI=1S/C28H31FN4O/c29-24-9-6-19(10-13-28(30,22-7-8-22)23-11-14-31-15-12-23)16-25(24)33-27(34)26-17-21(18-32-26)20-4-2-1-3-5-20/h1-6,9,11-12,14-16,21-22,26,32H,7-8,10,13,17-18,30H2,(H,33,34)/t21-,26+,28-/m0/s1. The lowest BCUT2D eigenvalue weighted by atomic mass is 9.81. The summed E-state index contributed by atoms with van der Waals surface area (Å²) in [7, 11) is 0. The molecule has 0 radical (unpaired) electrons. The molecule has 34 heavy (non-hydrogen) atoms. The molecule has 1 saturated heterocycles. The minimum Gasteiger partial charge on any atom is -0.322 e. The van der Waals surface area contributed by atoms with E-state index in [1.807, 2.05) is 30.3 Å². The maximum absolute atomic E-state index is 14.6. The molecule has 0 bridgehead atoms. The maximum atomic E-state index is 14.6. The van der Waals surface area contributed by atoms with Crippen LogP contribution in [0, 0.1) is 11.7 Å². The van der Waals surface area contributed by atoms with Crippen LogP contribution in [0.4, 0.5) is 10.1 Å². The van der Waals surface area contributed by atoms with Gasteiger partial charge in [-0.15, -0.1) is 0 Å². The fourth-order valence-corrected chi connectivity index (χ4v) is 5.15. The first-order valence-corrected chi connectivity index (χ1v) is 12.1. The second-order valence-electron chi connectivity index (χ2n) is 9.66. The van der Waals surface area contributed by atoms with Gasteiger partial charge < -0.3 is 16.4 Å². The summed E-state index contributed by atoms with van der Waals surface area (Å²) in [6, 6.07) is 18.8. The Kier molecular flexibility index (Phi) is 6.44. The minimum atomic E-state index is -0.426. The van der Waals surface area contributed by atoms with Crippen LogP contribution in [0.15, 0.2) is 73.1 Å². The molecular formula is C28H31FN4O. The van der Waals surface area contributed by atoms with Crippen LogP contribution in [0.5, 0.6) is 0 Å². The van der Waals surface area contributed by atoms with E-state index in [1.54, 1.807) is 24.5 Å². The summed E-state index contributed by atoms with van der Waals surface area (Å²) in [6.45, 7) is 0.735. The Morgan fingerprint density at radius 1 is 1.12 bits per heavy atom. The molecule has 0 unspecified atom stereocenters. The van der Waals surface area contributed by atoms with E-state index in [0.717, 1.165) is 36.9 Å². The molecule has 1 aliphatic heterocycles. The number of halogens is 1. The van der Waals surface area contributed by atoms with E-state index in [4.69, 9.17) is 5.73 Å². The molecule has 3 atom stereocenters.